The standard InChI is InChI=1S/C18H27NO3/c1-4-5-8-18-9-10-19(2)13(17(18)21)11-12-6-7-14(22-3)16(20)15(12)18/h6-7,13,17,20-21H,4-5,8-11H2,1-3H3. The van der Waals surface area contributed by atoms with Crippen molar-refractivity contribution in [2.24, 2.45) is 0 Å². The number of aromatic hydroxyl groups is 1. The third-order valence-electron chi connectivity index (χ3n) is 5.76. The number of aliphatic hydroxyl groups excluding tert-OH is 1. The van der Waals surface area contributed by atoms with Crippen molar-refractivity contribution in [3.63, 3.8) is 0 Å². The molecule has 122 valence electrons. The highest BCUT2D eigenvalue weighted by Gasteiger charge is 2.53. The molecule has 0 saturated carbocycles. The molecule has 0 amide bonds. The summed E-state index contributed by atoms with van der Waals surface area (Å²) in [5.41, 5.74) is 1.77. The Labute approximate surface area is 132 Å². The third-order valence-corrected chi connectivity index (χ3v) is 5.76. The molecule has 1 heterocycles. The summed E-state index contributed by atoms with van der Waals surface area (Å²) < 4.78 is 5.31. The second-order valence-corrected chi connectivity index (χ2v) is 6.86. The van der Waals surface area contributed by atoms with Gasteiger partial charge in [-0.05, 0) is 44.5 Å². The van der Waals surface area contributed by atoms with Crippen LogP contribution in [0.1, 0.15) is 43.7 Å². The number of phenols is 1. The molecule has 4 heteroatoms. The van der Waals surface area contributed by atoms with Gasteiger partial charge in [-0.3, -0.25) is 0 Å². The zero-order valence-electron chi connectivity index (χ0n) is 13.8. The lowest BCUT2D eigenvalue weighted by Gasteiger charge is -2.54. The van der Waals surface area contributed by atoms with Gasteiger partial charge in [-0.25, -0.2) is 0 Å². The molecule has 2 N–H and O–H groups in total. The highest BCUT2D eigenvalue weighted by atomic mass is 16.5. The molecule has 1 aromatic carbocycles. The van der Waals surface area contributed by atoms with Gasteiger partial charge in [0.15, 0.2) is 11.5 Å². The number of ether oxygens (including phenoxy) is 1. The summed E-state index contributed by atoms with van der Waals surface area (Å²) in [7, 11) is 3.67. The van der Waals surface area contributed by atoms with Crippen molar-refractivity contribution in [2.75, 3.05) is 20.7 Å². The van der Waals surface area contributed by atoms with Crippen LogP contribution in [0.25, 0.3) is 0 Å². The molecule has 0 aromatic heterocycles. The summed E-state index contributed by atoms with van der Waals surface area (Å²) in [6.45, 7) is 3.13. The quantitative estimate of drug-likeness (QED) is 0.897. The number of unbranched alkanes of at least 4 members (excludes halogenated alkanes) is 1. The van der Waals surface area contributed by atoms with Crippen molar-refractivity contribution in [3.05, 3.63) is 23.3 Å². The lowest BCUT2D eigenvalue weighted by molar-refractivity contribution is -0.0531. The van der Waals surface area contributed by atoms with Gasteiger partial charge in [-0.2, -0.15) is 0 Å². The number of hydrogen-bond donors (Lipinski definition) is 2. The Morgan fingerprint density at radius 2 is 2.18 bits per heavy atom. The minimum absolute atomic E-state index is 0.144. The first-order chi connectivity index (χ1) is 10.5. The van der Waals surface area contributed by atoms with E-state index in [-0.39, 0.29) is 17.2 Å². The molecule has 22 heavy (non-hydrogen) atoms. The summed E-state index contributed by atoms with van der Waals surface area (Å²) in [5, 5.41) is 21.8. The molecule has 4 nitrogen and oxygen atoms in total. The molecule has 2 aliphatic rings. The number of likely N-dealkylation sites (tertiary alicyclic amines) is 1. The van der Waals surface area contributed by atoms with Crippen molar-refractivity contribution in [1.29, 1.82) is 0 Å². The molecule has 3 atom stereocenters. The normalized spacial score (nSPS) is 30.9. The Hall–Kier alpha value is -1.26. The summed E-state index contributed by atoms with van der Waals surface area (Å²) >= 11 is 0. The summed E-state index contributed by atoms with van der Waals surface area (Å²) in [5.74, 6) is 0.748. The smallest absolute Gasteiger partial charge is 0.161 e. The largest absolute Gasteiger partial charge is 0.504 e. The lowest BCUT2D eigenvalue weighted by atomic mass is 9.59. The first kappa shape index (κ1) is 15.6. The van der Waals surface area contributed by atoms with Crippen LogP contribution in [0.5, 0.6) is 11.5 Å². The molecular formula is C18H27NO3. The van der Waals surface area contributed by atoms with E-state index in [0.29, 0.717) is 5.75 Å². The van der Waals surface area contributed by atoms with Crippen LogP contribution in [0.2, 0.25) is 0 Å². The van der Waals surface area contributed by atoms with Crippen LogP contribution in [0.4, 0.5) is 0 Å². The maximum atomic E-state index is 11.1. The van der Waals surface area contributed by atoms with Crippen LogP contribution in [-0.4, -0.2) is 48.0 Å². The first-order valence-corrected chi connectivity index (χ1v) is 8.32. The Bertz CT molecular complexity index is 556. The molecule has 1 saturated heterocycles. The van der Waals surface area contributed by atoms with Gasteiger partial charge in [0.05, 0.1) is 13.2 Å². The monoisotopic (exact) mass is 305 g/mol. The fourth-order valence-electron chi connectivity index (χ4n) is 4.46. The number of aliphatic hydroxyl groups is 1. The highest BCUT2D eigenvalue weighted by molar-refractivity contribution is 5.56. The summed E-state index contributed by atoms with van der Waals surface area (Å²) in [4.78, 5) is 2.26. The van der Waals surface area contributed by atoms with Crippen LogP contribution in [0, 0.1) is 0 Å². The Kier molecular flexibility index (Phi) is 4.08. The van der Waals surface area contributed by atoms with Gasteiger partial charge in [0.2, 0.25) is 0 Å². The van der Waals surface area contributed by atoms with E-state index in [9.17, 15) is 10.2 Å². The van der Waals surface area contributed by atoms with E-state index >= 15 is 0 Å². The second-order valence-electron chi connectivity index (χ2n) is 6.86. The number of phenolic OH excluding ortho intramolecular Hbond substituents is 1. The lowest BCUT2D eigenvalue weighted by Crippen LogP contribution is -2.62. The topological polar surface area (TPSA) is 52.9 Å². The Morgan fingerprint density at radius 3 is 2.86 bits per heavy atom. The fraction of sp³-hybridized carbons (Fsp3) is 0.667. The maximum absolute atomic E-state index is 11.1. The second kappa shape index (κ2) is 5.74. The van der Waals surface area contributed by atoms with Crippen molar-refractivity contribution in [1.82, 2.24) is 4.90 Å². The Morgan fingerprint density at radius 1 is 1.41 bits per heavy atom. The average Bonchev–Trinajstić information content (AvgIpc) is 2.51. The highest BCUT2D eigenvalue weighted by Crippen LogP contribution is 2.52. The average molecular weight is 305 g/mol. The molecule has 1 fully saturated rings. The van der Waals surface area contributed by atoms with E-state index in [2.05, 4.69) is 24.9 Å². The molecule has 1 aliphatic carbocycles. The van der Waals surface area contributed by atoms with E-state index in [4.69, 9.17) is 4.74 Å². The predicted octanol–water partition coefficient (Wildman–Crippen LogP) is 2.45. The van der Waals surface area contributed by atoms with E-state index in [1.807, 2.05) is 6.07 Å². The number of likely N-dealkylation sites (N-methyl/N-ethyl adjacent to an activating group) is 1. The number of methoxy groups -OCH3 is 1. The third kappa shape index (κ3) is 2.12. The molecule has 0 radical (unpaired) electrons. The van der Waals surface area contributed by atoms with Crippen molar-refractivity contribution >= 4 is 0 Å². The molecule has 1 aliphatic heterocycles. The first-order valence-electron chi connectivity index (χ1n) is 8.32. The molecule has 3 unspecified atom stereocenters. The van der Waals surface area contributed by atoms with Gasteiger partial charge in [0.25, 0.3) is 0 Å². The number of benzene rings is 1. The number of nitrogens with zero attached hydrogens (tertiary/aromatic N) is 1. The fourth-order valence-corrected chi connectivity index (χ4v) is 4.46. The number of fused-ring (bicyclic) bond motifs is 4. The van der Waals surface area contributed by atoms with Crippen LogP contribution < -0.4 is 4.74 Å². The SMILES string of the molecule is CCCCC12CCN(C)C(Cc3ccc(OC)c(O)c31)C2O. The Balaban J connectivity index is 2.17. The zero-order chi connectivity index (χ0) is 15.9. The van der Waals surface area contributed by atoms with Crippen LogP contribution in [-0.2, 0) is 11.8 Å². The molecular weight excluding hydrogens is 278 g/mol. The van der Waals surface area contributed by atoms with Crippen molar-refractivity contribution in [2.45, 2.75) is 56.6 Å². The number of rotatable bonds is 4. The van der Waals surface area contributed by atoms with Gasteiger partial charge in [0, 0.05) is 17.0 Å². The molecule has 1 aromatic rings. The predicted molar refractivity (Wildman–Crippen MR) is 86.6 cm³/mol. The van der Waals surface area contributed by atoms with Crippen molar-refractivity contribution < 1.29 is 14.9 Å². The minimum atomic E-state index is -0.427. The maximum Gasteiger partial charge on any atom is 0.161 e. The summed E-state index contributed by atoms with van der Waals surface area (Å²) in [6.07, 6.45) is 4.32. The van der Waals surface area contributed by atoms with Gasteiger partial charge >= 0.3 is 0 Å². The van der Waals surface area contributed by atoms with Gasteiger partial charge in [-0.15, -0.1) is 0 Å². The van der Waals surface area contributed by atoms with Crippen LogP contribution in [0.3, 0.4) is 0 Å². The number of piperidine rings is 1. The van der Waals surface area contributed by atoms with Gasteiger partial charge in [-0.1, -0.05) is 25.8 Å². The van der Waals surface area contributed by atoms with Crippen molar-refractivity contribution in [3.8, 4) is 11.5 Å². The van der Waals surface area contributed by atoms with Gasteiger partial charge < -0.3 is 19.8 Å². The number of hydrogen-bond acceptors (Lipinski definition) is 4. The van der Waals surface area contributed by atoms with Gasteiger partial charge in [0.1, 0.15) is 0 Å². The molecule has 3 rings (SSSR count). The summed E-state index contributed by atoms with van der Waals surface area (Å²) in [6, 6.07) is 4.05. The van der Waals surface area contributed by atoms with E-state index in [0.717, 1.165) is 49.8 Å². The van der Waals surface area contributed by atoms with E-state index in [1.165, 1.54) is 0 Å². The molecule has 0 spiro atoms. The van der Waals surface area contributed by atoms with E-state index in [1.54, 1.807) is 7.11 Å². The van der Waals surface area contributed by atoms with Crippen LogP contribution >= 0.6 is 0 Å². The minimum Gasteiger partial charge on any atom is -0.504 e. The van der Waals surface area contributed by atoms with Crippen LogP contribution in [0.15, 0.2) is 12.1 Å². The molecule has 2 bridgehead atoms. The van der Waals surface area contributed by atoms with E-state index < -0.39 is 6.10 Å². The zero-order valence-corrected chi connectivity index (χ0v) is 13.8.